The second-order valence-electron chi connectivity index (χ2n) is 6.48. The average Bonchev–Trinajstić information content (AvgIpc) is 3.01. The minimum atomic E-state index is -0.328. The molecule has 3 aromatic rings. The molecular weight excluding hydrogens is 329 g/mol. The van der Waals surface area contributed by atoms with Crippen molar-refractivity contribution < 1.29 is 9.18 Å². The van der Waals surface area contributed by atoms with E-state index in [4.69, 9.17) is 0 Å². The second-order valence-corrected chi connectivity index (χ2v) is 6.48. The van der Waals surface area contributed by atoms with Gasteiger partial charge in [-0.3, -0.25) is 9.20 Å². The molecule has 1 N–H and O–H groups in total. The van der Waals surface area contributed by atoms with E-state index in [0.717, 1.165) is 25.7 Å². The molecule has 0 radical (unpaired) electrons. The monoisotopic (exact) mass is 353 g/mol. The van der Waals surface area contributed by atoms with Gasteiger partial charge in [-0.05, 0) is 37.1 Å². The molecule has 0 fully saturated rings. The molecule has 26 heavy (non-hydrogen) atoms. The van der Waals surface area contributed by atoms with Crippen molar-refractivity contribution in [3.63, 3.8) is 0 Å². The van der Waals surface area contributed by atoms with E-state index in [2.05, 4.69) is 17.2 Å². The summed E-state index contributed by atoms with van der Waals surface area (Å²) in [6, 6.07) is 11.9. The molecule has 0 bridgehead atoms. The maximum atomic E-state index is 13.7. The van der Waals surface area contributed by atoms with Crippen LogP contribution in [0.25, 0.3) is 16.9 Å². The van der Waals surface area contributed by atoms with E-state index >= 15 is 0 Å². The van der Waals surface area contributed by atoms with Crippen molar-refractivity contribution in [3.05, 3.63) is 54.5 Å². The van der Waals surface area contributed by atoms with Crippen LogP contribution >= 0.6 is 0 Å². The van der Waals surface area contributed by atoms with Gasteiger partial charge in [0.05, 0.1) is 0 Å². The highest BCUT2D eigenvalue weighted by Gasteiger charge is 2.21. The number of nitrogens with one attached hydrogen (secondary N) is 1. The van der Waals surface area contributed by atoms with Crippen molar-refractivity contribution in [1.82, 2.24) is 9.38 Å². The van der Waals surface area contributed by atoms with Crippen LogP contribution in [0.2, 0.25) is 0 Å². The van der Waals surface area contributed by atoms with Crippen molar-refractivity contribution in [2.75, 3.05) is 5.32 Å². The summed E-state index contributed by atoms with van der Waals surface area (Å²) >= 11 is 0. The van der Waals surface area contributed by atoms with Crippen LogP contribution in [0.4, 0.5) is 10.2 Å². The third-order valence-corrected chi connectivity index (χ3v) is 4.64. The molecule has 0 aliphatic carbocycles. The summed E-state index contributed by atoms with van der Waals surface area (Å²) in [5, 5.41) is 3.05. The van der Waals surface area contributed by atoms with Gasteiger partial charge in [0.25, 0.3) is 0 Å². The Bertz CT molecular complexity index is 903. The highest BCUT2D eigenvalue weighted by Crippen LogP contribution is 2.30. The fourth-order valence-electron chi connectivity index (χ4n) is 3.14. The number of amides is 1. The summed E-state index contributed by atoms with van der Waals surface area (Å²) in [6.07, 6.45) is 5.60. The van der Waals surface area contributed by atoms with Gasteiger partial charge in [-0.25, -0.2) is 9.37 Å². The Hall–Kier alpha value is -2.69. The first kappa shape index (κ1) is 18.1. The zero-order valence-electron chi connectivity index (χ0n) is 15.2. The molecule has 0 aliphatic heterocycles. The molecule has 0 aliphatic rings. The van der Waals surface area contributed by atoms with Crippen molar-refractivity contribution in [3.8, 4) is 11.3 Å². The predicted octanol–water partition coefficient (Wildman–Crippen LogP) is 5.30. The molecule has 2 heterocycles. The third kappa shape index (κ3) is 3.77. The molecular formula is C21H24FN3O. The van der Waals surface area contributed by atoms with E-state index < -0.39 is 0 Å². The molecule has 0 saturated heterocycles. The number of imidazole rings is 1. The molecule has 4 nitrogen and oxygen atoms in total. The van der Waals surface area contributed by atoms with Gasteiger partial charge in [0, 0.05) is 17.7 Å². The van der Waals surface area contributed by atoms with Gasteiger partial charge in [0.2, 0.25) is 5.91 Å². The molecule has 136 valence electrons. The van der Waals surface area contributed by atoms with Gasteiger partial charge in [0.1, 0.15) is 23.0 Å². The van der Waals surface area contributed by atoms with E-state index in [0.29, 0.717) is 22.7 Å². The number of pyridine rings is 1. The Labute approximate surface area is 153 Å². The number of rotatable bonds is 7. The molecule has 0 saturated carbocycles. The molecule has 3 rings (SSSR count). The number of anilines is 1. The van der Waals surface area contributed by atoms with E-state index in [1.54, 1.807) is 12.1 Å². The van der Waals surface area contributed by atoms with Crippen LogP contribution < -0.4 is 5.32 Å². The van der Waals surface area contributed by atoms with Crippen LogP contribution in [0, 0.1) is 11.7 Å². The highest BCUT2D eigenvalue weighted by molar-refractivity contribution is 5.96. The standard InChI is InChI=1S/C21H24FN3O/c1-3-5-9-15(4-2)21(26)24-20-19(16-10-8-11-17(22)14-16)23-18-12-6-7-13-25(18)20/h6-8,10-15H,3-5,9H2,1-2H3,(H,24,26). The third-order valence-electron chi connectivity index (χ3n) is 4.64. The molecule has 1 aromatic carbocycles. The summed E-state index contributed by atoms with van der Waals surface area (Å²) < 4.78 is 15.5. The fraction of sp³-hybridized carbons (Fsp3) is 0.333. The van der Waals surface area contributed by atoms with Gasteiger partial charge >= 0.3 is 0 Å². The minimum Gasteiger partial charge on any atom is -0.310 e. The Morgan fingerprint density at radius 2 is 2.08 bits per heavy atom. The van der Waals surface area contributed by atoms with Gasteiger partial charge in [-0.2, -0.15) is 0 Å². The van der Waals surface area contributed by atoms with E-state index in [-0.39, 0.29) is 17.6 Å². The van der Waals surface area contributed by atoms with Crippen LogP contribution in [0.15, 0.2) is 48.7 Å². The Morgan fingerprint density at radius 1 is 1.23 bits per heavy atom. The van der Waals surface area contributed by atoms with Crippen molar-refractivity contribution in [1.29, 1.82) is 0 Å². The molecule has 0 spiro atoms. The second kappa shape index (κ2) is 8.13. The number of carbonyl (C=O) groups excluding carboxylic acids is 1. The number of carbonyl (C=O) groups is 1. The van der Waals surface area contributed by atoms with Crippen LogP contribution in [0.3, 0.4) is 0 Å². The van der Waals surface area contributed by atoms with E-state index in [1.807, 2.05) is 35.7 Å². The van der Waals surface area contributed by atoms with Crippen LogP contribution in [0.1, 0.15) is 39.5 Å². The average molecular weight is 353 g/mol. The highest BCUT2D eigenvalue weighted by atomic mass is 19.1. The number of halogens is 1. The molecule has 1 atom stereocenters. The maximum Gasteiger partial charge on any atom is 0.228 e. The summed E-state index contributed by atoms with van der Waals surface area (Å²) in [5.41, 5.74) is 1.93. The van der Waals surface area contributed by atoms with Gasteiger partial charge in [0.15, 0.2) is 0 Å². The van der Waals surface area contributed by atoms with E-state index in [9.17, 15) is 9.18 Å². The van der Waals surface area contributed by atoms with E-state index in [1.165, 1.54) is 12.1 Å². The first-order chi connectivity index (χ1) is 12.6. The Kier molecular flexibility index (Phi) is 5.66. The van der Waals surface area contributed by atoms with Gasteiger partial charge < -0.3 is 5.32 Å². The summed E-state index contributed by atoms with van der Waals surface area (Å²) in [6.45, 7) is 4.15. The zero-order valence-corrected chi connectivity index (χ0v) is 15.2. The normalized spacial score (nSPS) is 12.3. The largest absolute Gasteiger partial charge is 0.310 e. The zero-order chi connectivity index (χ0) is 18.5. The van der Waals surface area contributed by atoms with Gasteiger partial charge in [-0.15, -0.1) is 0 Å². The summed E-state index contributed by atoms with van der Waals surface area (Å²) in [7, 11) is 0. The van der Waals surface area contributed by atoms with Crippen molar-refractivity contribution in [2.45, 2.75) is 39.5 Å². The molecule has 5 heteroatoms. The number of hydrogen-bond acceptors (Lipinski definition) is 2. The van der Waals surface area contributed by atoms with Crippen LogP contribution in [0.5, 0.6) is 0 Å². The molecule has 2 aromatic heterocycles. The Morgan fingerprint density at radius 3 is 2.81 bits per heavy atom. The lowest BCUT2D eigenvalue weighted by molar-refractivity contribution is -0.120. The minimum absolute atomic E-state index is 0.00995. The number of unbranched alkanes of at least 4 members (excludes halogenated alkanes) is 1. The van der Waals surface area contributed by atoms with Crippen LogP contribution in [-0.4, -0.2) is 15.3 Å². The summed E-state index contributed by atoms with van der Waals surface area (Å²) in [5.74, 6) is 0.214. The lowest BCUT2D eigenvalue weighted by Gasteiger charge is -2.15. The fourth-order valence-corrected chi connectivity index (χ4v) is 3.14. The summed E-state index contributed by atoms with van der Waals surface area (Å²) in [4.78, 5) is 17.4. The number of benzene rings is 1. The quantitative estimate of drug-likeness (QED) is 0.627. The van der Waals surface area contributed by atoms with Crippen molar-refractivity contribution >= 4 is 17.4 Å². The number of fused-ring (bicyclic) bond motifs is 1. The topological polar surface area (TPSA) is 46.4 Å². The lowest BCUT2D eigenvalue weighted by Crippen LogP contribution is -2.23. The first-order valence-corrected chi connectivity index (χ1v) is 9.18. The number of hydrogen-bond donors (Lipinski definition) is 1. The SMILES string of the molecule is CCCCC(CC)C(=O)Nc1c(-c2cccc(F)c2)nc2ccccn12. The van der Waals surface area contributed by atoms with Gasteiger partial charge in [-0.1, -0.05) is 44.9 Å². The molecule has 1 unspecified atom stereocenters. The van der Waals surface area contributed by atoms with Crippen LogP contribution in [-0.2, 0) is 4.79 Å². The smallest absolute Gasteiger partial charge is 0.228 e. The molecule has 1 amide bonds. The first-order valence-electron chi connectivity index (χ1n) is 9.18. The van der Waals surface area contributed by atoms with Crippen molar-refractivity contribution in [2.24, 2.45) is 5.92 Å². The Balaban J connectivity index is 2.01. The predicted molar refractivity (Wildman–Crippen MR) is 103 cm³/mol. The number of aromatic nitrogens is 2. The number of nitrogens with zero attached hydrogens (tertiary/aromatic N) is 2. The maximum absolute atomic E-state index is 13.7. The lowest BCUT2D eigenvalue weighted by atomic mass is 9.98.